The monoisotopic (exact) mass is 421 g/mol. The molecule has 0 radical (unpaired) electrons. The standard InChI is InChI=1S/C21H16FN5O2S/c1-3-18(28)26-19-17(22)8-15(10-24-19)14-6-4-5-13(7-14)12(2)20(29)27-21-25-11-16(9-23)30-21/h3-8,10-12H,1H2,2H3,(H,24,26,28)(H,25,27,29)/t12-/m0/s1. The Morgan fingerprint density at radius 2 is 2.03 bits per heavy atom. The third-order valence-corrected chi connectivity index (χ3v) is 5.04. The van der Waals surface area contributed by atoms with Gasteiger partial charge in [-0.25, -0.2) is 14.4 Å². The zero-order chi connectivity index (χ0) is 21.7. The van der Waals surface area contributed by atoms with Gasteiger partial charge in [0.2, 0.25) is 11.8 Å². The Bertz CT molecular complexity index is 1170. The zero-order valence-corrected chi connectivity index (χ0v) is 16.7. The Morgan fingerprint density at radius 1 is 1.23 bits per heavy atom. The summed E-state index contributed by atoms with van der Waals surface area (Å²) in [6.45, 7) is 5.05. The first-order valence-electron chi connectivity index (χ1n) is 8.77. The normalized spacial score (nSPS) is 11.2. The molecule has 0 spiro atoms. The number of halogens is 1. The highest BCUT2D eigenvalue weighted by molar-refractivity contribution is 7.16. The van der Waals surface area contributed by atoms with Gasteiger partial charge in [-0.3, -0.25) is 9.59 Å². The van der Waals surface area contributed by atoms with E-state index in [1.165, 1.54) is 18.5 Å². The maximum absolute atomic E-state index is 14.3. The number of carbonyl (C=O) groups is 2. The molecule has 2 amide bonds. The number of nitriles is 1. The summed E-state index contributed by atoms with van der Waals surface area (Å²) in [4.78, 5) is 32.2. The molecule has 0 aliphatic heterocycles. The summed E-state index contributed by atoms with van der Waals surface area (Å²) in [5.41, 5.74) is 1.88. The van der Waals surface area contributed by atoms with E-state index < -0.39 is 17.6 Å². The van der Waals surface area contributed by atoms with E-state index in [2.05, 4.69) is 27.2 Å². The van der Waals surface area contributed by atoms with Crippen molar-refractivity contribution in [1.29, 1.82) is 5.26 Å². The summed E-state index contributed by atoms with van der Waals surface area (Å²) in [7, 11) is 0. The molecule has 3 aromatic rings. The van der Waals surface area contributed by atoms with Crippen molar-refractivity contribution in [3.05, 3.63) is 71.6 Å². The Morgan fingerprint density at radius 3 is 2.70 bits per heavy atom. The molecule has 0 aliphatic rings. The summed E-state index contributed by atoms with van der Waals surface area (Å²) in [6.07, 6.45) is 3.86. The number of carbonyl (C=O) groups excluding carboxylic acids is 2. The van der Waals surface area contributed by atoms with Crippen LogP contribution in [0.5, 0.6) is 0 Å². The third-order valence-electron chi connectivity index (χ3n) is 4.23. The maximum Gasteiger partial charge on any atom is 0.248 e. The van der Waals surface area contributed by atoms with Gasteiger partial charge in [0.25, 0.3) is 0 Å². The average molecular weight is 421 g/mol. The Kier molecular flexibility index (Phi) is 6.29. The van der Waals surface area contributed by atoms with Gasteiger partial charge in [-0.15, -0.1) is 0 Å². The second-order valence-electron chi connectivity index (χ2n) is 6.23. The second kappa shape index (κ2) is 9.07. The SMILES string of the molecule is C=CC(=O)Nc1ncc(-c2cccc([C@H](C)C(=O)Nc3ncc(C#N)s3)c2)cc1F. The molecule has 0 aliphatic carbocycles. The number of benzene rings is 1. The number of nitrogens with one attached hydrogen (secondary N) is 2. The predicted molar refractivity (Wildman–Crippen MR) is 112 cm³/mol. The van der Waals surface area contributed by atoms with Crippen LogP contribution < -0.4 is 10.6 Å². The van der Waals surface area contributed by atoms with Crippen LogP contribution in [0.2, 0.25) is 0 Å². The number of amides is 2. The molecule has 2 heterocycles. The molecule has 0 fully saturated rings. The first-order chi connectivity index (χ1) is 14.4. The van der Waals surface area contributed by atoms with E-state index in [0.29, 0.717) is 26.7 Å². The van der Waals surface area contributed by atoms with Crippen molar-refractivity contribution in [1.82, 2.24) is 9.97 Å². The molecule has 0 saturated heterocycles. The second-order valence-corrected chi connectivity index (χ2v) is 7.26. The van der Waals surface area contributed by atoms with Crippen molar-refractivity contribution in [3.63, 3.8) is 0 Å². The van der Waals surface area contributed by atoms with Gasteiger partial charge < -0.3 is 10.6 Å². The lowest BCUT2D eigenvalue weighted by atomic mass is 9.96. The lowest BCUT2D eigenvalue weighted by Crippen LogP contribution is -2.18. The molecule has 3 rings (SSSR count). The number of nitrogens with zero attached hydrogens (tertiary/aromatic N) is 3. The summed E-state index contributed by atoms with van der Waals surface area (Å²) in [5, 5.41) is 14.2. The number of aromatic nitrogens is 2. The fraction of sp³-hybridized carbons (Fsp3) is 0.0952. The van der Waals surface area contributed by atoms with Gasteiger partial charge in [-0.1, -0.05) is 42.2 Å². The van der Waals surface area contributed by atoms with Crippen molar-refractivity contribution in [3.8, 4) is 17.2 Å². The Hall–Kier alpha value is -3.90. The van der Waals surface area contributed by atoms with Crippen LogP contribution in [0.4, 0.5) is 15.3 Å². The summed E-state index contributed by atoms with van der Waals surface area (Å²) >= 11 is 1.09. The van der Waals surface area contributed by atoms with Crippen LogP contribution in [0.15, 0.2) is 55.4 Å². The number of hydrogen-bond acceptors (Lipinski definition) is 6. The van der Waals surface area contributed by atoms with Crippen LogP contribution in [0.25, 0.3) is 11.1 Å². The van der Waals surface area contributed by atoms with E-state index in [0.717, 1.165) is 17.4 Å². The van der Waals surface area contributed by atoms with Crippen molar-refractivity contribution in [2.75, 3.05) is 10.6 Å². The van der Waals surface area contributed by atoms with Gasteiger partial charge in [0.1, 0.15) is 10.9 Å². The number of pyridine rings is 1. The average Bonchev–Trinajstić information content (AvgIpc) is 3.22. The fourth-order valence-corrected chi connectivity index (χ4v) is 3.21. The highest BCUT2D eigenvalue weighted by Crippen LogP contribution is 2.27. The predicted octanol–water partition coefficient (Wildman–Crippen LogP) is 4.08. The van der Waals surface area contributed by atoms with E-state index >= 15 is 0 Å². The van der Waals surface area contributed by atoms with Crippen LogP contribution in [0.3, 0.4) is 0 Å². The highest BCUT2D eigenvalue weighted by Gasteiger charge is 2.18. The quantitative estimate of drug-likeness (QED) is 0.583. The first kappa shape index (κ1) is 20.8. The Balaban J connectivity index is 1.79. The van der Waals surface area contributed by atoms with Gasteiger partial charge in [-0.05, 0) is 30.2 Å². The summed E-state index contributed by atoms with van der Waals surface area (Å²) in [5.74, 6) is -2.22. The van der Waals surface area contributed by atoms with E-state index in [9.17, 15) is 14.0 Å². The maximum atomic E-state index is 14.3. The number of rotatable bonds is 6. The molecule has 0 saturated carbocycles. The highest BCUT2D eigenvalue weighted by atomic mass is 32.1. The minimum atomic E-state index is -0.684. The van der Waals surface area contributed by atoms with Crippen LogP contribution in [-0.4, -0.2) is 21.8 Å². The van der Waals surface area contributed by atoms with E-state index in [1.807, 2.05) is 6.07 Å². The van der Waals surface area contributed by atoms with Crippen LogP contribution in [0, 0.1) is 17.1 Å². The van der Waals surface area contributed by atoms with Crippen molar-refractivity contribution >= 4 is 34.1 Å². The molecule has 7 nitrogen and oxygen atoms in total. The lowest BCUT2D eigenvalue weighted by molar-refractivity contribution is -0.117. The van der Waals surface area contributed by atoms with Crippen LogP contribution >= 0.6 is 11.3 Å². The first-order valence-corrected chi connectivity index (χ1v) is 9.59. The van der Waals surface area contributed by atoms with Gasteiger partial charge >= 0.3 is 0 Å². The van der Waals surface area contributed by atoms with E-state index in [4.69, 9.17) is 5.26 Å². The smallest absolute Gasteiger partial charge is 0.248 e. The fourth-order valence-electron chi connectivity index (χ4n) is 2.59. The van der Waals surface area contributed by atoms with Gasteiger partial charge in [0.15, 0.2) is 16.8 Å². The molecule has 150 valence electrons. The third kappa shape index (κ3) is 4.74. The zero-order valence-electron chi connectivity index (χ0n) is 15.8. The van der Waals surface area contributed by atoms with Gasteiger partial charge in [0, 0.05) is 11.8 Å². The lowest BCUT2D eigenvalue weighted by Gasteiger charge is -2.13. The molecular weight excluding hydrogens is 405 g/mol. The molecule has 1 atom stereocenters. The number of anilines is 2. The largest absolute Gasteiger partial charge is 0.305 e. The molecular formula is C21H16FN5O2S. The minimum absolute atomic E-state index is 0.187. The van der Waals surface area contributed by atoms with Crippen molar-refractivity contribution in [2.24, 2.45) is 0 Å². The van der Waals surface area contributed by atoms with Crippen LogP contribution in [0.1, 0.15) is 23.3 Å². The molecule has 0 bridgehead atoms. The van der Waals surface area contributed by atoms with E-state index in [1.54, 1.807) is 31.2 Å². The molecule has 2 N–H and O–H groups in total. The van der Waals surface area contributed by atoms with Gasteiger partial charge in [0.05, 0.1) is 12.1 Å². The molecule has 2 aromatic heterocycles. The van der Waals surface area contributed by atoms with Crippen molar-refractivity contribution < 1.29 is 14.0 Å². The number of hydrogen-bond donors (Lipinski definition) is 2. The molecule has 30 heavy (non-hydrogen) atoms. The van der Waals surface area contributed by atoms with Crippen molar-refractivity contribution in [2.45, 2.75) is 12.8 Å². The number of thiazole rings is 1. The van der Waals surface area contributed by atoms with E-state index in [-0.39, 0.29) is 11.7 Å². The summed E-state index contributed by atoms with van der Waals surface area (Å²) < 4.78 is 14.3. The van der Waals surface area contributed by atoms with Gasteiger partial charge in [-0.2, -0.15) is 5.26 Å². The molecule has 0 unspecified atom stereocenters. The summed E-state index contributed by atoms with van der Waals surface area (Å²) in [6, 6.07) is 10.3. The van der Waals surface area contributed by atoms with Crippen LogP contribution in [-0.2, 0) is 9.59 Å². The Labute approximate surface area is 175 Å². The molecule has 9 heteroatoms. The minimum Gasteiger partial charge on any atom is -0.305 e. The molecule has 1 aromatic carbocycles. The topological polar surface area (TPSA) is 108 Å².